The maximum Gasteiger partial charge on any atom is 0.307 e. The van der Waals surface area contributed by atoms with E-state index in [0.717, 1.165) is 4.47 Å². The summed E-state index contributed by atoms with van der Waals surface area (Å²) in [6, 6.07) is 16.5. The third kappa shape index (κ3) is 5.09. The van der Waals surface area contributed by atoms with E-state index in [4.69, 9.17) is 9.52 Å². The number of nitrogens with one attached hydrogen (secondary N) is 1. The van der Waals surface area contributed by atoms with E-state index in [1.165, 1.54) is 24.3 Å². The van der Waals surface area contributed by atoms with E-state index in [1.807, 2.05) is 0 Å². The van der Waals surface area contributed by atoms with Crippen molar-refractivity contribution in [2.75, 3.05) is 5.32 Å². The van der Waals surface area contributed by atoms with Crippen molar-refractivity contribution in [3.63, 3.8) is 0 Å². The standard InChI is InChI=1S/C24H16BrFN2O4/c25-17-5-7-18(8-6-17)27-22(29)10-4-15-2-3-16(13-19(15)26)24-28-20-11-14(12-23(30)31)1-9-21(20)32-24/h1-11,13H,12H2,(H,27,29)(H,30,31)/b10-4+. The molecule has 0 saturated carbocycles. The molecule has 32 heavy (non-hydrogen) atoms. The maximum atomic E-state index is 14.6. The lowest BCUT2D eigenvalue weighted by molar-refractivity contribution is -0.136. The Labute approximate surface area is 190 Å². The van der Waals surface area contributed by atoms with E-state index in [0.29, 0.717) is 27.9 Å². The second kappa shape index (κ2) is 9.15. The summed E-state index contributed by atoms with van der Waals surface area (Å²) in [6.07, 6.45) is 2.52. The molecule has 0 aliphatic heterocycles. The normalized spacial score (nSPS) is 11.2. The van der Waals surface area contributed by atoms with Crippen LogP contribution in [0.1, 0.15) is 11.1 Å². The maximum absolute atomic E-state index is 14.6. The molecule has 0 unspecified atom stereocenters. The number of carboxylic acid groups (broad SMARTS) is 1. The smallest absolute Gasteiger partial charge is 0.307 e. The Kier molecular flexibility index (Phi) is 6.13. The van der Waals surface area contributed by atoms with Crippen molar-refractivity contribution in [2.45, 2.75) is 6.42 Å². The largest absolute Gasteiger partial charge is 0.481 e. The van der Waals surface area contributed by atoms with E-state index >= 15 is 0 Å². The van der Waals surface area contributed by atoms with Crippen molar-refractivity contribution in [3.05, 3.63) is 88.2 Å². The molecule has 1 aromatic heterocycles. The number of carboxylic acids is 1. The summed E-state index contributed by atoms with van der Waals surface area (Å²) in [6.45, 7) is 0. The van der Waals surface area contributed by atoms with E-state index < -0.39 is 11.8 Å². The molecule has 4 rings (SSSR count). The molecule has 1 heterocycles. The number of benzene rings is 3. The van der Waals surface area contributed by atoms with Crippen LogP contribution in [0.5, 0.6) is 0 Å². The molecule has 0 atom stereocenters. The van der Waals surface area contributed by atoms with Crippen LogP contribution in [0.15, 0.2) is 75.6 Å². The highest BCUT2D eigenvalue weighted by atomic mass is 79.9. The molecule has 0 fully saturated rings. The number of nitrogens with zero attached hydrogens (tertiary/aromatic N) is 1. The van der Waals surface area contributed by atoms with Crippen LogP contribution < -0.4 is 5.32 Å². The van der Waals surface area contributed by atoms with Gasteiger partial charge in [-0.1, -0.05) is 28.1 Å². The molecule has 6 nitrogen and oxygen atoms in total. The van der Waals surface area contributed by atoms with Gasteiger partial charge in [0.25, 0.3) is 0 Å². The number of anilines is 1. The second-order valence-electron chi connectivity index (χ2n) is 6.96. The average Bonchev–Trinajstić information content (AvgIpc) is 3.17. The number of aromatic nitrogens is 1. The van der Waals surface area contributed by atoms with Gasteiger partial charge in [-0.2, -0.15) is 0 Å². The number of fused-ring (bicyclic) bond motifs is 1. The Morgan fingerprint density at radius 2 is 1.88 bits per heavy atom. The number of hydrogen-bond donors (Lipinski definition) is 2. The quantitative estimate of drug-likeness (QED) is 0.336. The molecule has 160 valence electrons. The molecule has 3 aromatic carbocycles. The van der Waals surface area contributed by atoms with Gasteiger partial charge in [0.15, 0.2) is 5.58 Å². The summed E-state index contributed by atoms with van der Waals surface area (Å²) in [7, 11) is 0. The second-order valence-corrected chi connectivity index (χ2v) is 7.87. The van der Waals surface area contributed by atoms with E-state index in [2.05, 4.69) is 26.2 Å². The van der Waals surface area contributed by atoms with Crippen molar-refractivity contribution in [1.82, 2.24) is 4.98 Å². The lowest BCUT2D eigenvalue weighted by Crippen LogP contribution is -2.07. The van der Waals surface area contributed by atoms with Crippen molar-refractivity contribution in [1.29, 1.82) is 0 Å². The highest BCUT2D eigenvalue weighted by Gasteiger charge is 2.12. The van der Waals surface area contributed by atoms with Crippen LogP contribution in [-0.4, -0.2) is 22.0 Å². The van der Waals surface area contributed by atoms with Crippen LogP contribution in [0.25, 0.3) is 28.6 Å². The predicted molar refractivity (Wildman–Crippen MR) is 123 cm³/mol. The fraction of sp³-hybridized carbons (Fsp3) is 0.0417. The van der Waals surface area contributed by atoms with Crippen LogP contribution in [0.4, 0.5) is 10.1 Å². The first kappa shape index (κ1) is 21.5. The SMILES string of the molecule is O=C(O)Cc1ccc2oc(-c3ccc(/C=C/C(=O)Nc4ccc(Br)cc4)c(F)c3)nc2c1. The Hall–Kier alpha value is -3.78. The molecular weight excluding hydrogens is 479 g/mol. The number of carbonyl (C=O) groups is 2. The minimum atomic E-state index is -0.940. The summed E-state index contributed by atoms with van der Waals surface area (Å²) < 4.78 is 21.2. The number of halogens is 2. The fourth-order valence-electron chi connectivity index (χ4n) is 3.06. The molecule has 0 aliphatic carbocycles. The van der Waals surface area contributed by atoms with Gasteiger partial charge in [-0.25, -0.2) is 9.37 Å². The number of rotatable bonds is 6. The molecule has 0 bridgehead atoms. The first-order chi connectivity index (χ1) is 15.4. The third-order valence-corrected chi connectivity index (χ3v) is 5.11. The Morgan fingerprint density at radius 1 is 1.09 bits per heavy atom. The Bertz CT molecular complexity index is 1350. The fourth-order valence-corrected chi connectivity index (χ4v) is 3.32. The number of aliphatic carboxylic acids is 1. The Morgan fingerprint density at radius 3 is 2.59 bits per heavy atom. The third-order valence-electron chi connectivity index (χ3n) is 4.58. The van der Waals surface area contributed by atoms with Crippen molar-refractivity contribution < 1.29 is 23.5 Å². The number of amides is 1. The van der Waals surface area contributed by atoms with Crippen LogP contribution in [-0.2, 0) is 16.0 Å². The highest BCUT2D eigenvalue weighted by Crippen LogP contribution is 2.27. The number of hydrogen-bond acceptors (Lipinski definition) is 4. The van der Waals surface area contributed by atoms with Crippen LogP contribution in [0.3, 0.4) is 0 Å². The molecule has 0 saturated heterocycles. The Balaban J connectivity index is 1.50. The molecule has 2 N–H and O–H groups in total. The molecule has 0 aliphatic rings. The lowest BCUT2D eigenvalue weighted by Gasteiger charge is -2.02. The summed E-state index contributed by atoms with van der Waals surface area (Å²) >= 11 is 3.32. The molecule has 8 heteroatoms. The first-order valence-electron chi connectivity index (χ1n) is 9.53. The van der Waals surface area contributed by atoms with Gasteiger partial charge in [-0.05, 0) is 60.2 Å². The summed E-state index contributed by atoms with van der Waals surface area (Å²) in [5.41, 5.74) is 2.85. The summed E-state index contributed by atoms with van der Waals surface area (Å²) in [4.78, 5) is 27.3. The van der Waals surface area contributed by atoms with E-state index in [9.17, 15) is 14.0 Å². The van der Waals surface area contributed by atoms with Crippen LogP contribution in [0, 0.1) is 5.82 Å². The molecular formula is C24H16BrFN2O4. The summed E-state index contributed by atoms with van der Waals surface area (Å²) in [5, 5.41) is 11.6. The van der Waals surface area contributed by atoms with Gasteiger partial charge in [0.05, 0.1) is 6.42 Å². The van der Waals surface area contributed by atoms with Gasteiger partial charge in [0.1, 0.15) is 11.3 Å². The molecule has 0 radical (unpaired) electrons. The molecule has 1 amide bonds. The van der Waals surface area contributed by atoms with Gasteiger partial charge in [-0.3, -0.25) is 9.59 Å². The predicted octanol–water partition coefficient (Wildman–Crippen LogP) is 5.68. The minimum absolute atomic E-state index is 0.122. The van der Waals surface area contributed by atoms with Gasteiger partial charge >= 0.3 is 5.97 Å². The van der Waals surface area contributed by atoms with E-state index in [-0.39, 0.29) is 23.8 Å². The van der Waals surface area contributed by atoms with Crippen molar-refractivity contribution in [2.24, 2.45) is 0 Å². The number of oxazole rings is 1. The van der Waals surface area contributed by atoms with Gasteiger partial charge in [0, 0.05) is 27.4 Å². The summed E-state index contributed by atoms with van der Waals surface area (Å²) in [5.74, 6) is -1.64. The van der Waals surface area contributed by atoms with Gasteiger partial charge < -0.3 is 14.8 Å². The molecule has 0 spiro atoms. The monoisotopic (exact) mass is 494 g/mol. The average molecular weight is 495 g/mol. The topological polar surface area (TPSA) is 92.4 Å². The van der Waals surface area contributed by atoms with Crippen LogP contribution >= 0.6 is 15.9 Å². The number of carbonyl (C=O) groups excluding carboxylic acids is 1. The van der Waals surface area contributed by atoms with Gasteiger partial charge in [-0.15, -0.1) is 0 Å². The zero-order chi connectivity index (χ0) is 22.7. The zero-order valence-electron chi connectivity index (χ0n) is 16.5. The highest BCUT2D eigenvalue weighted by molar-refractivity contribution is 9.10. The minimum Gasteiger partial charge on any atom is -0.481 e. The van der Waals surface area contributed by atoms with Crippen molar-refractivity contribution >= 4 is 50.7 Å². The zero-order valence-corrected chi connectivity index (χ0v) is 18.1. The van der Waals surface area contributed by atoms with Gasteiger partial charge in [0.2, 0.25) is 11.8 Å². The van der Waals surface area contributed by atoms with Crippen LogP contribution in [0.2, 0.25) is 0 Å². The first-order valence-corrected chi connectivity index (χ1v) is 10.3. The van der Waals surface area contributed by atoms with Crippen molar-refractivity contribution in [3.8, 4) is 11.5 Å². The van der Waals surface area contributed by atoms with E-state index in [1.54, 1.807) is 48.5 Å². The molecule has 4 aromatic rings. The lowest BCUT2D eigenvalue weighted by atomic mass is 10.1.